The van der Waals surface area contributed by atoms with Crippen molar-refractivity contribution >= 4 is 37.6 Å². The Labute approximate surface area is 149 Å². The fraction of sp³-hybridized carbons (Fsp3) is 0.188. The second-order valence-corrected chi connectivity index (χ2v) is 7.29. The van der Waals surface area contributed by atoms with Crippen LogP contribution >= 0.6 is 15.9 Å². The van der Waals surface area contributed by atoms with Gasteiger partial charge in [-0.05, 0) is 49.4 Å². The average Bonchev–Trinajstić information content (AvgIpc) is 2.56. The highest BCUT2D eigenvalue weighted by atomic mass is 79.9. The first-order valence-corrected chi connectivity index (χ1v) is 9.28. The zero-order chi connectivity index (χ0) is 17.7. The van der Waals surface area contributed by atoms with Gasteiger partial charge in [0, 0.05) is 4.47 Å². The van der Waals surface area contributed by atoms with Crippen molar-refractivity contribution in [1.29, 1.82) is 0 Å². The molecular weight excluding hydrogens is 398 g/mol. The molecule has 0 aromatic heterocycles. The number of benzene rings is 2. The zero-order valence-corrected chi connectivity index (χ0v) is 15.5. The van der Waals surface area contributed by atoms with Crippen molar-refractivity contribution in [1.82, 2.24) is 0 Å². The summed E-state index contributed by atoms with van der Waals surface area (Å²) < 4.78 is 38.0. The third kappa shape index (κ3) is 4.27. The van der Waals surface area contributed by atoms with E-state index in [1.807, 2.05) is 6.92 Å². The van der Waals surface area contributed by atoms with Gasteiger partial charge in [0.1, 0.15) is 5.75 Å². The lowest BCUT2D eigenvalue weighted by molar-refractivity contribution is 0.0602. The van der Waals surface area contributed by atoms with Gasteiger partial charge < -0.3 is 9.47 Å². The van der Waals surface area contributed by atoms with Crippen molar-refractivity contribution < 1.29 is 22.7 Å². The Hall–Kier alpha value is -2.06. The van der Waals surface area contributed by atoms with E-state index >= 15 is 0 Å². The fourth-order valence-electron chi connectivity index (χ4n) is 1.97. The number of halogens is 1. The van der Waals surface area contributed by atoms with Crippen molar-refractivity contribution in [3.8, 4) is 5.75 Å². The van der Waals surface area contributed by atoms with Crippen LogP contribution in [0.5, 0.6) is 5.75 Å². The molecule has 24 heavy (non-hydrogen) atoms. The number of methoxy groups -OCH3 is 1. The van der Waals surface area contributed by atoms with Crippen LogP contribution in [0.3, 0.4) is 0 Å². The Bertz CT molecular complexity index is 834. The van der Waals surface area contributed by atoms with Crippen LogP contribution < -0.4 is 9.46 Å². The summed E-state index contributed by atoms with van der Waals surface area (Å²) in [5, 5.41) is 0. The third-order valence-electron chi connectivity index (χ3n) is 3.08. The molecule has 8 heteroatoms. The number of nitrogens with one attached hydrogen (secondary N) is 1. The van der Waals surface area contributed by atoms with Gasteiger partial charge >= 0.3 is 5.97 Å². The second kappa shape index (κ2) is 7.67. The molecule has 2 aromatic rings. The van der Waals surface area contributed by atoms with Crippen LogP contribution in [-0.2, 0) is 14.8 Å². The minimum absolute atomic E-state index is 0.0599. The molecule has 1 N–H and O–H groups in total. The molecule has 0 saturated carbocycles. The molecular formula is C16H16BrNO5S. The van der Waals surface area contributed by atoms with Gasteiger partial charge in [0.05, 0.1) is 29.9 Å². The van der Waals surface area contributed by atoms with Crippen LogP contribution in [0.4, 0.5) is 5.69 Å². The van der Waals surface area contributed by atoms with Crippen LogP contribution in [0.1, 0.15) is 17.3 Å². The van der Waals surface area contributed by atoms with Crippen molar-refractivity contribution in [2.45, 2.75) is 11.8 Å². The lowest BCUT2D eigenvalue weighted by Gasteiger charge is -2.12. The van der Waals surface area contributed by atoms with E-state index in [2.05, 4.69) is 25.4 Å². The maximum atomic E-state index is 12.5. The molecule has 0 heterocycles. The molecule has 0 atom stereocenters. The molecule has 0 aliphatic heterocycles. The van der Waals surface area contributed by atoms with Crippen molar-refractivity contribution in [3.63, 3.8) is 0 Å². The third-order valence-corrected chi connectivity index (χ3v) is 4.95. The Morgan fingerprint density at radius 2 is 1.83 bits per heavy atom. The van der Waals surface area contributed by atoms with Crippen LogP contribution in [-0.4, -0.2) is 28.1 Å². The predicted molar refractivity (Wildman–Crippen MR) is 93.9 cm³/mol. The molecule has 6 nitrogen and oxygen atoms in total. The van der Waals surface area contributed by atoms with Crippen LogP contribution in [0.15, 0.2) is 51.8 Å². The van der Waals surface area contributed by atoms with Gasteiger partial charge in [-0.1, -0.05) is 15.9 Å². The second-order valence-electron chi connectivity index (χ2n) is 4.69. The van der Waals surface area contributed by atoms with E-state index in [1.165, 1.54) is 31.4 Å². The Balaban J connectivity index is 2.34. The smallest absolute Gasteiger partial charge is 0.340 e. The minimum atomic E-state index is -3.85. The van der Waals surface area contributed by atoms with E-state index in [-0.39, 0.29) is 16.1 Å². The molecule has 0 saturated heterocycles. The van der Waals surface area contributed by atoms with Gasteiger partial charge in [-0.2, -0.15) is 0 Å². The molecule has 0 aliphatic carbocycles. The summed E-state index contributed by atoms with van der Waals surface area (Å²) >= 11 is 3.24. The molecule has 0 aliphatic rings. The van der Waals surface area contributed by atoms with Crippen LogP contribution in [0.2, 0.25) is 0 Å². The summed E-state index contributed by atoms with van der Waals surface area (Å²) in [6.07, 6.45) is 0. The maximum Gasteiger partial charge on any atom is 0.340 e. The number of carbonyl (C=O) groups excluding carboxylic acids is 1. The number of hydrogen-bond donors (Lipinski definition) is 1. The van der Waals surface area contributed by atoms with E-state index in [1.54, 1.807) is 18.2 Å². The normalized spacial score (nSPS) is 11.0. The van der Waals surface area contributed by atoms with E-state index in [9.17, 15) is 13.2 Å². The summed E-state index contributed by atoms with van der Waals surface area (Å²) in [7, 11) is -2.62. The number of anilines is 1. The number of hydrogen-bond acceptors (Lipinski definition) is 5. The summed E-state index contributed by atoms with van der Waals surface area (Å²) in [5.74, 6) is -0.0592. The molecule has 0 fully saturated rings. The largest absolute Gasteiger partial charge is 0.494 e. The van der Waals surface area contributed by atoms with E-state index in [0.29, 0.717) is 16.8 Å². The molecule has 2 rings (SSSR count). The number of esters is 1. The Morgan fingerprint density at radius 1 is 1.17 bits per heavy atom. The maximum absolute atomic E-state index is 12.5. The van der Waals surface area contributed by atoms with E-state index in [0.717, 1.165) is 0 Å². The summed E-state index contributed by atoms with van der Waals surface area (Å²) in [5.41, 5.74) is 0.250. The first-order valence-electron chi connectivity index (χ1n) is 7.01. The first kappa shape index (κ1) is 18.3. The van der Waals surface area contributed by atoms with Crippen LogP contribution in [0, 0.1) is 0 Å². The van der Waals surface area contributed by atoms with Gasteiger partial charge in [-0.25, -0.2) is 13.2 Å². The van der Waals surface area contributed by atoms with Gasteiger partial charge in [-0.15, -0.1) is 0 Å². The highest BCUT2D eigenvalue weighted by Crippen LogP contribution is 2.25. The Morgan fingerprint density at radius 3 is 2.42 bits per heavy atom. The van der Waals surface area contributed by atoms with Gasteiger partial charge in [0.15, 0.2) is 0 Å². The van der Waals surface area contributed by atoms with Gasteiger partial charge in [0.25, 0.3) is 10.0 Å². The molecule has 0 amide bonds. The SMILES string of the molecule is CCOc1ccc(S(=O)(=O)Nc2ccc(Br)cc2C(=O)OC)cc1. The van der Waals surface area contributed by atoms with Gasteiger partial charge in [-0.3, -0.25) is 4.72 Å². The monoisotopic (exact) mass is 413 g/mol. The van der Waals surface area contributed by atoms with E-state index < -0.39 is 16.0 Å². The summed E-state index contributed by atoms with van der Waals surface area (Å²) in [4.78, 5) is 11.9. The van der Waals surface area contributed by atoms with Crippen molar-refractivity contribution in [3.05, 3.63) is 52.5 Å². The van der Waals surface area contributed by atoms with Gasteiger partial charge in [0.2, 0.25) is 0 Å². The number of ether oxygens (including phenoxy) is 2. The predicted octanol–water partition coefficient (Wildman–Crippen LogP) is 3.44. The molecule has 0 spiro atoms. The lowest BCUT2D eigenvalue weighted by atomic mass is 10.2. The molecule has 0 unspecified atom stereocenters. The highest BCUT2D eigenvalue weighted by molar-refractivity contribution is 9.10. The minimum Gasteiger partial charge on any atom is -0.494 e. The molecule has 0 radical (unpaired) electrons. The lowest BCUT2D eigenvalue weighted by Crippen LogP contribution is -2.16. The number of sulfonamides is 1. The quantitative estimate of drug-likeness (QED) is 0.733. The van der Waals surface area contributed by atoms with E-state index in [4.69, 9.17) is 4.74 Å². The highest BCUT2D eigenvalue weighted by Gasteiger charge is 2.19. The fourth-order valence-corrected chi connectivity index (χ4v) is 3.41. The van der Waals surface area contributed by atoms with Crippen molar-refractivity contribution in [2.24, 2.45) is 0 Å². The zero-order valence-electron chi connectivity index (χ0n) is 13.1. The standard InChI is InChI=1S/C16H16BrNO5S/c1-3-23-12-5-7-13(8-6-12)24(20,21)18-15-9-4-11(17)10-14(15)16(19)22-2/h4-10,18H,3H2,1-2H3. The first-order chi connectivity index (χ1) is 11.4. The number of carbonyl (C=O) groups is 1. The molecule has 128 valence electrons. The van der Waals surface area contributed by atoms with Crippen LogP contribution in [0.25, 0.3) is 0 Å². The molecule has 2 aromatic carbocycles. The average molecular weight is 414 g/mol. The summed E-state index contributed by atoms with van der Waals surface area (Å²) in [6.45, 7) is 2.33. The van der Waals surface area contributed by atoms with Crippen molar-refractivity contribution in [2.75, 3.05) is 18.4 Å². The molecule has 0 bridgehead atoms. The topological polar surface area (TPSA) is 81.7 Å². The number of rotatable bonds is 6. The Kier molecular flexibility index (Phi) is 5.84. The summed E-state index contributed by atoms with van der Waals surface area (Å²) in [6, 6.07) is 10.6.